The second-order valence-electron chi connectivity index (χ2n) is 5.60. The number of para-hydroxylation sites is 1. The summed E-state index contributed by atoms with van der Waals surface area (Å²) in [6.45, 7) is 0. The Balaban J connectivity index is 1.95. The van der Waals surface area contributed by atoms with E-state index >= 15 is 0 Å². The van der Waals surface area contributed by atoms with E-state index in [-0.39, 0.29) is 11.8 Å². The van der Waals surface area contributed by atoms with Gasteiger partial charge in [0.25, 0.3) is 0 Å². The van der Waals surface area contributed by atoms with Gasteiger partial charge in [0.05, 0.1) is 7.11 Å². The molecule has 4 nitrogen and oxygen atoms in total. The van der Waals surface area contributed by atoms with Gasteiger partial charge in [0, 0.05) is 11.5 Å². The number of rotatable bonds is 3. The lowest BCUT2D eigenvalue weighted by Gasteiger charge is -2.23. The van der Waals surface area contributed by atoms with E-state index in [1.165, 1.54) is 11.1 Å². The Bertz CT molecular complexity index is 696. The van der Waals surface area contributed by atoms with Crippen LogP contribution in [0.1, 0.15) is 17.5 Å². The first kappa shape index (κ1) is 14.6. The minimum atomic E-state index is -0.298. The van der Waals surface area contributed by atoms with Crippen molar-refractivity contribution in [3.63, 3.8) is 0 Å². The van der Waals surface area contributed by atoms with Gasteiger partial charge in [-0.25, -0.2) is 5.48 Å². The van der Waals surface area contributed by atoms with Crippen LogP contribution in [0.4, 0.5) is 0 Å². The van der Waals surface area contributed by atoms with Crippen LogP contribution < -0.4 is 10.2 Å². The molecule has 1 atom stereocenters. The predicted octanol–water partition coefficient (Wildman–Crippen LogP) is 2.97. The smallest absolute Gasteiger partial charge is 0.246 e. The average molecular weight is 297 g/mol. The van der Waals surface area contributed by atoms with E-state index in [0.29, 0.717) is 6.42 Å². The maximum atomic E-state index is 11.7. The standard InChI is InChI=1S/C18H19NO3/c1-22-17-5-3-2-4-16(17)13-8-6-12-7-9-14(18(20)19-21)11-15(12)10-13/h2-6,8,10,14,21H,7,9,11H2,1H3,(H,19,20). The number of methoxy groups -OCH3 is 1. The molecule has 0 saturated carbocycles. The average Bonchev–Trinajstić information content (AvgIpc) is 2.60. The molecule has 2 N–H and O–H groups in total. The summed E-state index contributed by atoms with van der Waals surface area (Å²) in [5, 5.41) is 8.82. The summed E-state index contributed by atoms with van der Waals surface area (Å²) in [6, 6.07) is 14.3. The summed E-state index contributed by atoms with van der Waals surface area (Å²) >= 11 is 0. The second kappa shape index (κ2) is 6.20. The predicted molar refractivity (Wildman–Crippen MR) is 83.9 cm³/mol. The molecule has 114 valence electrons. The minimum absolute atomic E-state index is 0.162. The Morgan fingerprint density at radius 3 is 2.82 bits per heavy atom. The van der Waals surface area contributed by atoms with Crippen LogP contribution in [0.5, 0.6) is 5.75 Å². The molecule has 2 aromatic rings. The molecule has 0 radical (unpaired) electrons. The van der Waals surface area contributed by atoms with Gasteiger partial charge in [-0.1, -0.05) is 36.4 Å². The van der Waals surface area contributed by atoms with Crippen molar-refractivity contribution < 1.29 is 14.7 Å². The highest BCUT2D eigenvalue weighted by Crippen LogP contribution is 2.34. The SMILES string of the molecule is COc1ccccc1-c1ccc2c(c1)CC(C(=O)NO)CC2. The van der Waals surface area contributed by atoms with Crippen LogP contribution in [0.2, 0.25) is 0 Å². The van der Waals surface area contributed by atoms with Gasteiger partial charge in [0.1, 0.15) is 5.75 Å². The maximum absolute atomic E-state index is 11.7. The number of benzene rings is 2. The van der Waals surface area contributed by atoms with Gasteiger partial charge in [-0.05, 0) is 42.0 Å². The highest BCUT2D eigenvalue weighted by Gasteiger charge is 2.24. The number of aryl methyl sites for hydroxylation is 1. The number of carbonyl (C=O) groups is 1. The third-order valence-corrected chi connectivity index (χ3v) is 4.33. The number of hydroxylamine groups is 1. The van der Waals surface area contributed by atoms with E-state index < -0.39 is 0 Å². The van der Waals surface area contributed by atoms with E-state index in [0.717, 1.165) is 29.7 Å². The molecule has 0 bridgehead atoms. The van der Waals surface area contributed by atoms with Crippen molar-refractivity contribution in [3.05, 3.63) is 53.6 Å². The summed E-state index contributed by atoms with van der Waals surface area (Å²) in [4.78, 5) is 11.7. The number of fused-ring (bicyclic) bond motifs is 1. The fraction of sp³-hybridized carbons (Fsp3) is 0.278. The summed E-state index contributed by atoms with van der Waals surface area (Å²) in [7, 11) is 1.67. The number of ether oxygens (including phenoxy) is 1. The van der Waals surface area contributed by atoms with Crippen molar-refractivity contribution >= 4 is 5.91 Å². The molecule has 1 aliphatic carbocycles. The third kappa shape index (κ3) is 2.70. The van der Waals surface area contributed by atoms with Crippen molar-refractivity contribution in [2.24, 2.45) is 5.92 Å². The van der Waals surface area contributed by atoms with Crippen LogP contribution in [-0.4, -0.2) is 18.2 Å². The van der Waals surface area contributed by atoms with Crippen molar-refractivity contribution in [2.45, 2.75) is 19.3 Å². The van der Waals surface area contributed by atoms with Crippen molar-refractivity contribution in [1.82, 2.24) is 5.48 Å². The van der Waals surface area contributed by atoms with Crippen LogP contribution >= 0.6 is 0 Å². The molecule has 0 spiro atoms. The van der Waals surface area contributed by atoms with Gasteiger partial charge in [0.15, 0.2) is 0 Å². The summed E-state index contributed by atoms with van der Waals surface area (Å²) in [6.07, 6.45) is 2.29. The van der Waals surface area contributed by atoms with Gasteiger partial charge in [-0.3, -0.25) is 10.0 Å². The van der Waals surface area contributed by atoms with Gasteiger partial charge in [-0.2, -0.15) is 0 Å². The second-order valence-corrected chi connectivity index (χ2v) is 5.60. The van der Waals surface area contributed by atoms with Crippen LogP contribution in [-0.2, 0) is 17.6 Å². The van der Waals surface area contributed by atoms with Crippen molar-refractivity contribution in [1.29, 1.82) is 0 Å². The molecule has 2 aromatic carbocycles. The summed E-state index contributed by atoms with van der Waals surface area (Å²) in [5.41, 5.74) is 6.35. The zero-order valence-corrected chi connectivity index (χ0v) is 12.5. The van der Waals surface area contributed by atoms with Crippen LogP contribution in [0.25, 0.3) is 11.1 Å². The molecule has 1 unspecified atom stereocenters. The first-order valence-corrected chi connectivity index (χ1v) is 7.42. The molecule has 0 heterocycles. The van der Waals surface area contributed by atoms with Crippen LogP contribution in [0.3, 0.4) is 0 Å². The normalized spacial score (nSPS) is 16.7. The first-order valence-electron chi connectivity index (χ1n) is 7.42. The molecule has 1 aliphatic rings. The number of nitrogens with one attached hydrogen (secondary N) is 1. The molecule has 0 saturated heterocycles. The molecule has 0 aromatic heterocycles. The monoisotopic (exact) mass is 297 g/mol. The fourth-order valence-electron chi connectivity index (χ4n) is 3.12. The molecular weight excluding hydrogens is 278 g/mol. The zero-order chi connectivity index (χ0) is 15.5. The summed E-state index contributed by atoms with van der Waals surface area (Å²) in [5.74, 6) is 0.377. The lowest BCUT2D eigenvalue weighted by molar-refractivity contribution is -0.133. The topological polar surface area (TPSA) is 58.6 Å². The van der Waals surface area contributed by atoms with E-state index in [9.17, 15) is 4.79 Å². The Labute approximate surface area is 129 Å². The number of amides is 1. The van der Waals surface area contributed by atoms with E-state index in [4.69, 9.17) is 9.94 Å². The Kier molecular flexibility index (Phi) is 4.11. The maximum Gasteiger partial charge on any atom is 0.246 e. The van der Waals surface area contributed by atoms with Crippen molar-refractivity contribution in [3.8, 4) is 16.9 Å². The van der Waals surface area contributed by atoms with Gasteiger partial charge >= 0.3 is 0 Å². The van der Waals surface area contributed by atoms with Crippen molar-refractivity contribution in [2.75, 3.05) is 7.11 Å². The highest BCUT2D eigenvalue weighted by atomic mass is 16.5. The minimum Gasteiger partial charge on any atom is -0.496 e. The van der Waals surface area contributed by atoms with Gasteiger partial charge < -0.3 is 4.74 Å². The Morgan fingerprint density at radius 1 is 1.23 bits per heavy atom. The lowest BCUT2D eigenvalue weighted by atomic mass is 9.82. The molecule has 1 amide bonds. The zero-order valence-electron chi connectivity index (χ0n) is 12.5. The molecular formula is C18H19NO3. The van der Waals surface area contributed by atoms with Gasteiger partial charge in [0.2, 0.25) is 5.91 Å². The van der Waals surface area contributed by atoms with E-state index in [1.807, 2.05) is 24.3 Å². The van der Waals surface area contributed by atoms with Crippen LogP contribution in [0, 0.1) is 5.92 Å². The number of hydrogen-bond donors (Lipinski definition) is 2. The Morgan fingerprint density at radius 2 is 2.05 bits per heavy atom. The summed E-state index contributed by atoms with van der Waals surface area (Å²) < 4.78 is 5.42. The third-order valence-electron chi connectivity index (χ3n) is 4.33. The van der Waals surface area contributed by atoms with E-state index in [1.54, 1.807) is 12.6 Å². The molecule has 0 fully saturated rings. The van der Waals surface area contributed by atoms with Gasteiger partial charge in [-0.15, -0.1) is 0 Å². The quantitative estimate of drug-likeness (QED) is 0.676. The highest BCUT2D eigenvalue weighted by molar-refractivity contribution is 5.78. The van der Waals surface area contributed by atoms with Crippen LogP contribution in [0.15, 0.2) is 42.5 Å². The first-order chi connectivity index (χ1) is 10.7. The molecule has 3 rings (SSSR count). The Hall–Kier alpha value is -2.33. The largest absolute Gasteiger partial charge is 0.496 e. The molecule has 22 heavy (non-hydrogen) atoms. The fourth-order valence-corrected chi connectivity index (χ4v) is 3.12. The van der Waals surface area contributed by atoms with E-state index in [2.05, 4.69) is 18.2 Å². The molecule has 4 heteroatoms. The molecule has 0 aliphatic heterocycles. The lowest BCUT2D eigenvalue weighted by Crippen LogP contribution is -2.31. The number of hydrogen-bond acceptors (Lipinski definition) is 3. The number of carbonyl (C=O) groups excluding carboxylic acids is 1.